The van der Waals surface area contributed by atoms with Crippen molar-refractivity contribution in [1.29, 1.82) is 0 Å². The van der Waals surface area contributed by atoms with Crippen LogP contribution in [-0.2, 0) is 4.74 Å². The Morgan fingerprint density at radius 2 is 2.24 bits per heavy atom. The number of ether oxygens (including phenoxy) is 1. The zero-order valence-corrected chi connectivity index (χ0v) is 11.7. The van der Waals surface area contributed by atoms with Gasteiger partial charge in [0, 0.05) is 18.6 Å². The van der Waals surface area contributed by atoms with E-state index in [2.05, 4.69) is 15.9 Å². The molecule has 17 heavy (non-hydrogen) atoms. The molecule has 0 bridgehead atoms. The fourth-order valence-corrected chi connectivity index (χ4v) is 1.78. The Labute approximate surface area is 109 Å². The van der Waals surface area contributed by atoms with E-state index < -0.39 is 0 Å². The van der Waals surface area contributed by atoms with E-state index in [0.29, 0.717) is 12.2 Å². The van der Waals surface area contributed by atoms with Gasteiger partial charge in [-0.3, -0.25) is 4.79 Å². The lowest BCUT2D eigenvalue weighted by Crippen LogP contribution is -2.37. The Hall–Kier alpha value is -1.07. The summed E-state index contributed by atoms with van der Waals surface area (Å²) in [6.07, 6.45) is 0. The summed E-state index contributed by atoms with van der Waals surface area (Å²) in [5.74, 6) is -0.250. The van der Waals surface area contributed by atoms with Crippen LogP contribution in [-0.4, -0.2) is 42.7 Å². The van der Waals surface area contributed by atoms with E-state index in [1.165, 1.54) is 6.07 Å². The van der Waals surface area contributed by atoms with Crippen LogP contribution in [0, 0.1) is 0 Å². The fraction of sp³-hybridized carbons (Fsp3) is 0.417. The van der Waals surface area contributed by atoms with E-state index in [1.54, 1.807) is 31.2 Å². The second kappa shape index (κ2) is 6.02. The van der Waals surface area contributed by atoms with Gasteiger partial charge in [-0.2, -0.15) is 0 Å². The Morgan fingerprint density at radius 1 is 1.59 bits per heavy atom. The molecule has 1 aromatic carbocycles. The zero-order chi connectivity index (χ0) is 13.0. The predicted molar refractivity (Wildman–Crippen MR) is 69.2 cm³/mol. The van der Waals surface area contributed by atoms with Crippen molar-refractivity contribution in [2.75, 3.05) is 20.8 Å². The highest BCUT2D eigenvalue weighted by molar-refractivity contribution is 9.10. The number of amides is 1. The number of halogens is 1. The molecule has 0 aliphatic heterocycles. The number of hydrogen-bond acceptors (Lipinski definition) is 3. The third kappa shape index (κ3) is 3.44. The molecule has 0 aromatic heterocycles. The molecular formula is C12H16BrNO3. The smallest absolute Gasteiger partial charge is 0.257 e. The molecular weight excluding hydrogens is 286 g/mol. The molecule has 0 aliphatic rings. The van der Waals surface area contributed by atoms with Crippen molar-refractivity contribution in [3.63, 3.8) is 0 Å². The Morgan fingerprint density at radius 3 is 2.76 bits per heavy atom. The van der Waals surface area contributed by atoms with Gasteiger partial charge in [0.15, 0.2) is 0 Å². The topological polar surface area (TPSA) is 49.8 Å². The molecule has 1 atom stereocenters. The van der Waals surface area contributed by atoms with E-state index in [0.717, 1.165) is 4.47 Å². The maximum Gasteiger partial charge on any atom is 0.257 e. The van der Waals surface area contributed by atoms with Crippen molar-refractivity contribution in [2.45, 2.75) is 13.0 Å². The summed E-state index contributed by atoms with van der Waals surface area (Å²) >= 11 is 3.23. The molecule has 5 heteroatoms. The van der Waals surface area contributed by atoms with Crippen LogP contribution in [0.3, 0.4) is 0 Å². The van der Waals surface area contributed by atoms with Crippen LogP contribution in [0.25, 0.3) is 0 Å². The minimum absolute atomic E-state index is 0.0270. The third-order valence-corrected chi connectivity index (χ3v) is 3.07. The van der Waals surface area contributed by atoms with E-state index >= 15 is 0 Å². The first kappa shape index (κ1) is 14.0. The molecule has 1 unspecified atom stereocenters. The molecule has 1 amide bonds. The van der Waals surface area contributed by atoms with E-state index in [9.17, 15) is 9.90 Å². The molecule has 4 nitrogen and oxygen atoms in total. The third-order valence-electron chi connectivity index (χ3n) is 2.58. The number of likely N-dealkylation sites (N-methyl/N-ethyl adjacent to an activating group) is 1. The number of methoxy groups -OCH3 is 1. The summed E-state index contributed by atoms with van der Waals surface area (Å²) < 4.78 is 5.73. The largest absolute Gasteiger partial charge is 0.507 e. The number of carbonyl (C=O) groups is 1. The minimum atomic E-state index is -0.223. The summed E-state index contributed by atoms with van der Waals surface area (Å²) in [4.78, 5) is 13.6. The van der Waals surface area contributed by atoms with Gasteiger partial charge in [0.05, 0.1) is 18.2 Å². The van der Waals surface area contributed by atoms with Gasteiger partial charge in [-0.05, 0) is 25.1 Å². The monoisotopic (exact) mass is 301 g/mol. The average molecular weight is 302 g/mol. The number of carbonyl (C=O) groups excluding carboxylic acids is 1. The van der Waals surface area contributed by atoms with Gasteiger partial charge in [0.1, 0.15) is 5.75 Å². The van der Waals surface area contributed by atoms with Gasteiger partial charge in [-0.25, -0.2) is 0 Å². The minimum Gasteiger partial charge on any atom is -0.507 e. The van der Waals surface area contributed by atoms with Gasteiger partial charge in [0.2, 0.25) is 0 Å². The van der Waals surface area contributed by atoms with Gasteiger partial charge < -0.3 is 14.7 Å². The molecule has 0 saturated carbocycles. The number of rotatable bonds is 4. The zero-order valence-electron chi connectivity index (χ0n) is 10.1. The fourth-order valence-electron chi connectivity index (χ4n) is 1.43. The van der Waals surface area contributed by atoms with Crippen molar-refractivity contribution >= 4 is 21.8 Å². The first-order chi connectivity index (χ1) is 7.97. The van der Waals surface area contributed by atoms with Crippen LogP contribution < -0.4 is 0 Å². The van der Waals surface area contributed by atoms with Gasteiger partial charge in [-0.15, -0.1) is 0 Å². The van der Waals surface area contributed by atoms with Crippen LogP contribution in [0.5, 0.6) is 5.75 Å². The molecule has 0 heterocycles. The Bertz CT molecular complexity index is 409. The summed E-state index contributed by atoms with van der Waals surface area (Å²) in [6.45, 7) is 2.34. The molecule has 1 rings (SSSR count). The van der Waals surface area contributed by atoms with Gasteiger partial charge >= 0.3 is 0 Å². The molecule has 0 fully saturated rings. The number of hydrogen-bond donors (Lipinski definition) is 1. The number of nitrogens with zero attached hydrogens (tertiary/aromatic N) is 1. The second-order valence-corrected chi connectivity index (χ2v) is 4.80. The highest BCUT2D eigenvalue weighted by Gasteiger charge is 2.20. The average Bonchev–Trinajstić information content (AvgIpc) is 2.27. The van der Waals surface area contributed by atoms with Crippen molar-refractivity contribution in [1.82, 2.24) is 4.90 Å². The number of phenols is 1. The quantitative estimate of drug-likeness (QED) is 0.928. The highest BCUT2D eigenvalue weighted by Crippen LogP contribution is 2.23. The molecule has 0 aliphatic carbocycles. The SMILES string of the molecule is COCC(C)N(C)C(=O)c1ccc(Br)cc1O. The van der Waals surface area contributed by atoms with E-state index in [-0.39, 0.29) is 17.7 Å². The number of phenolic OH excluding ortho intramolecular Hbond substituents is 1. The van der Waals surface area contributed by atoms with Gasteiger partial charge in [0.25, 0.3) is 5.91 Å². The summed E-state index contributed by atoms with van der Waals surface area (Å²) in [7, 11) is 3.28. The van der Waals surface area contributed by atoms with Crippen LogP contribution >= 0.6 is 15.9 Å². The summed E-state index contributed by atoms with van der Waals surface area (Å²) in [5, 5.41) is 9.71. The van der Waals surface area contributed by atoms with Gasteiger partial charge in [-0.1, -0.05) is 15.9 Å². The normalized spacial score (nSPS) is 12.2. The van der Waals surface area contributed by atoms with Crippen LogP contribution in [0.2, 0.25) is 0 Å². The standard InChI is InChI=1S/C12H16BrNO3/c1-8(7-17-3)14(2)12(16)10-5-4-9(13)6-11(10)15/h4-6,8,15H,7H2,1-3H3. The van der Waals surface area contributed by atoms with Crippen molar-refractivity contribution < 1.29 is 14.6 Å². The maximum atomic E-state index is 12.1. The highest BCUT2D eigenvalue weighted by atomic mass is 79.9. The first-order valence-electron chi connectivity index (χ1n) is 5.22. The van der Waals surface area contributed by atoms with Crippen LogP contribution in [0.15, 0.2) is 22.7 Å². The summed E-state index contributed by atoms with van der Waals surface area (Å²) in [5.41, 5.74) is 0.290. The maximum absolute atomic E-state index is 12.1. The van der Waals surface area contributed by atoms with E-state index in [4.69, 9.17) is 4.74 Å². The molecule has 0 radical (unpaired) electrons. The molecule has 1 N–H and O–H groups in total. The molecule has 1 aromatic rings. The first-order valence-corrected chi connectivity index (χ1v) is 6.01. The van der Waals surface area contributed by atoms with Crippen molar-refractivity contribution in [3.8, 4) is 5.75 Å². The summed E-state index contributed by atoms with van der Waals surface area (Å²) in [6, 6.07) is 4.78. The van der Waals surface area contributed by atoms with Crippen molar-refractivity contribution in [2.24, 2.45) is 0 Å². The molecule has 0 spiro atoms. The van der Waals surface area contributed by atoms with E-state index in [1.807, 2.05) is 6.92 Å². The lowest BCUT2D eigenvalue weighted by Gasteiger charge is -2.24. The Kier molecular flexibility index (Phi) is 4.96. The lowest BCUT2D eigenvalue weighted by atomic mass is 10.1. The number of benzene rings is 1. The van der Waals surface area contributed by atoms with Crippen LogP contribution in [0.1, 0.15) is 17.3 Å². The number of aromatic hydroxyl groups is 1. The predicted octanol–water partition coefficient (Wildman–Crippen LogP) is 2.26. The molecule has 94 valence electrons. The Balaban J connectivity index is 2.88. The molecule has 0 saturated heterocycles. The lowest BCUT2D eigenvalue weighted by molar-refractivity contribution is 0.0631. The second-order valence-electron chi connectivity index (χ2n) is 3.88. The van der Waals surface area contributed by atoms with Crippen molar-refractivity contribution in [3.05, 3.63) is 28.2 Å². The van der Waals surface area contributed by atoms with Crippen LogP contribution in [0.4, 0.5) is 0 Å².